The molecule has 1 aromatic rings. The third kappa shape index (κ3) is 2.86. The molecule has 0 heterocycles. The molecule has 1 saturated carbocycles. The second kappa shape index (κ2) is 4.42. The lowest BCUT2D eigenvalue weighted by atomic mass is 10.1. The summed E-state index contributed by atoms with van der Waals surface area (Å²) in [6.45, 7) is 2.47. The zero-order valence-electron chi connectivity index (χ0n) is 8.74. The van der Waals surface area contributed by atoms with Gasteiger partial charge >= 0.3 is 0 Å². The van der Waals surface area contributed by atoms with Gasteiger partial charge in [-0.25, -0.2) is 0 Å². The van der Waals surface area contributed by atoms with Gasteiger partial charge in [0.25, 0.3) is 0 Å². The van der Waals surface area contributed by atoms with E-state index in [-0.39, 0.29) is 0 Å². The van der Waals surface area contributed by atoms with Gasteiger partial charge in [-0.05, 0) is 43.9 Å². The molecule has 1 N–H and O–H groups in total. The topological polar surface area (TPSA) is 29.5 Å². The van der Waals surface area contributed by atoms with Gasteiger partial charge in [-0.3, -0.25) is 0 Å². The van der Waals surface area contributed by atoms with E-state index in [0.717, 1.165) is 17.9 Å². The lowest BCUT2D eigenvalue weighted by Gasteiger charge is -2.13. The lowest BCUT2D eigenvalue weighted by Crippen LogP contribution is -2.03. The molecule has 1 aliphatic rings. The van der Waals surface area contributed by atoms with Gasteiger partial charge in [0.1, 0.15) is 5.75 Å². The third-order valence-corrected chi connectivity index (χ3v) is 2.83. The average Bonchev–Trinajstić information content (AvgIpc) is 2.99. The van der Waals surface area contributed by atoms with Crippen LogP contribution in [0, 0.1) is 5.92 Å². The Bertz CT molecular complexity index is 345. The van der Waals surface area contributed by atoms with Crippen molar-refractivity contribution in [1.29, 1.82) is 0 Å². The lowest BCUT2D eigenvalue weighted by molar-refractivity contribution is 0.190. The van der Waals surface area contributed by atoms with Crippen molar-refractivity contribution in [3.05, 3.63) is 28.8 Å². The van der Waals surface area contributed by atoms with E-state index in [1.54, 1.807) is 19.1 Å². The molecule has 0 spiro atoms. The van der Waals surface area contributed by atoms with Crippen molar-refractivity contribution in [3.63, 3.8) is 0 Å². The van der Waals surface area contributed by atoms with Crippen LogP contribution in [0.4, 0.5) is 0 Å². The van der Waals surface area contributed by atoms with E-state index >= 15 is 0 Å². The molecule has 0 bridgehead atoms. The number of hydrogen-bond acceptors (Lipinski definition) is 2. The van der Waals surface area contributed by atoms with Gasteiger partial charge in [-0.1, -0.05) is 11.6 Å². The molecule has 0 radical (unpaired) electrons. The minimum atomic E-state index is -0.544. The predicted molar refractivity (Wildman–Crippen MR) is 60.3 cm³/mol. The highest BCUT2D eigenvalue weighted by Gasteiger charge is 2.22. The van der Waals surface area contributed by atoms with Crippen LogP contribution in [-0.4, -0.2) is 11.7 Å². The molecule has 0 saturated heterocycles. The summed E-state index contributed by atoms with van der Waals surface area (Å²) < 4.78 is 5.66. The Kier molecular flexibility index (Phi) is 3.17. The van der Waals surface area contributed by atoms with Gasteiger partial charge in [0.15, 0.2) is 0 Å². The van der Waals surface area contributed by atoms with Gasteiger partial charge in [-0.15, -0.1) is 0 Å². The second-order valence-electron chi connectivity index (χ2n) is 4.11. The molecule has 0 amide bonds. The average molecular weight is 227 g/mol. The standard InChI is InChI=1S/C12H15ClO2/c1-8(14)11-6-10(13)4-5-12(11)15-7-9-2-3-9/h4-6,8-9,14H,2-3,7H2,1H3/t8-/m1/s1. The Labute approximate surface area is 94.8 Å². The van der Waals surface area contributed by atoms with Crippen LogP contribution in [0.2, 0.25) is 5.02 Å². The quantitative estimate of drug-likeness (QED) is 0.855. The molecule has 1 fully saturated rings. The summed E-state index contributed by atoms with van der Waals surface area (Å²) in [5, 5.41) is 10.2. The maximum absolute atomic E-state index is 9.57. The third-order valence-electron chi connectivity index (χ3n) is 2.59. The number of halogens is 1. The van der Waals surface area contributed by atoms with Crippen molar-refractivity contribution in [2.75, 3.05) is 6.61 Å². The van der Waals surface area contributed by atoms with Crippen LogP contribution >= 0.6 is 11.6 Å². The van der Waals surface area contributed by atoms with Gasteiger partial charge in [-0.2, -0.15) is 0 Å². The van der Waals surface area contributed by atoms with Crippen LogP contribution in [0.1, 0.15) is 31.4 Å². The van der Waals surface area contributed by atoms with Gasteiger partial charge in [0.05, 0.1) is 12.7 Å². The van der Waals surface area contributed by atoms with Crippen LogP contribution < -0.4 is 4.74 Å². The fourth-order valence-corrected chi connectivity index (χ4v) is 1.65. The number of rotatable bonds is 4. The first-order valence-corrected chi connectivity index (χ1v) is 5.65. The summed E-state index contributed by atoms with van der Waals surface area (Å²) in [4.78, 5) is 0. The van der Waals surface area contributed by atoms with Crippen LogP contribution in [0.5, 0.6) is 5.75 Å². The zero-order chi connectivity index (χ0) is 10.8. The normalized spacial score (nSPS) is 17.5. The van der Waals surface area contributed by atoms with E-state index in [1.165, 1.54) is 12.8 Å². The Morgan fingerprint density at radius 3 is 2.87 bits per heavy atom. The highest BCUT2D eigenvalue weighted by molar-refractivity contribution is 6.30. The molecule has 1 aliphatic carbocycles. The fraction of sp³-hybridized carbons (Fsp3) is 0.500. The number of aliphatic hydroxyl groups excluding tert-OH is 1. The van der Waals surface area contributed by atoms with Crippen molar-refractivity contribution in [2.45, 2.75) is 25.9 Å². The van der Waals surface area contributed by atoms with Crippen LogP contribution in [0.15, 0.2) is 18.2 Å². The van der Waals surface area contributed by atoms with Crippen LogP contribution in [-0.2, 0) is 0 Å². The number of benzene rings is 1. The number of hydrogen-bond donors (Lipinski definition) is 1. The fourth-order valence-electron chi connectivity index (χ4n) is 1.47. The van der Waals surface area contributed by atoms with E-state index in [4.69, 9.17) is 16.3 Å². The summed E-state index contributed by atoms with van der Waals surface area (Å²) >= 11 is 5.87. The van der Waals surface area contributed by atoms with E-state index in [9.17, 15) is 5.11 Å². The van der Waals surface area contributed by atoms with E-state index < -0.39 is 6.10 Å². The van der Waals surface area contributed by atoms with Gasteiger partial charge < -0.3 is 9.84 Å². The first-order valence-electron chi connectivity index (χ1n) is 5.27. The molecule has 1 aromatic carbocycles. The van der Waals surface area contributed by atoms with E-state index in [0.29, 0.717) is 10.9 Å². The SMILES string of the molecule is C[C@@H](O)c1cc(Cl)ccc1OCC1CC1. The summed E-state index contributed by atoms with van der Waals surface area (Å²) in [6.07, 6.45) is 1.98. The summed E-state index contributed by atoms with van der Waals surface area (Å²) in [7, 11) is 0. The van der Waals surface area contributed by atoms with Gasteiger partial charge in [0, 0.05) is 10.6 Å². The second-order valence-corrected chi connectivity index (χ2v) is 4.55. The monoisotopic (exact) mass is 226 g/mol. The molecule has 1 atom stereocenters. The summed E-state index contributed by atoms with van der Waals surface area (Å²) in [5.74, 6) is 1.46. The predicted octanol–water partition coefficient (Wildman–Crippen LogP) is 3.18. The smallest absolute Gasteiger partial charge is 0.125 e. The van der Waals surface area contributed by atoms with Crippen LogP contribution in [0.25, 0.3) is 0 Å². The highest BCUT2D eigenvalue weighted by atomic mass is 35.5. The Morgan fingerprint density at radius 2 is 2.27 bits per heavy atom. The molecular formula is C12H15ClO2. The Morgan fingerprint density at radius 1 is 1.53 bits per heavy atom. The number of aliphatic hydroxyl groups is 1. The van der Waals surface area contributed by atoms with Crippen LogP contribution in [0.3, 0.4) is 0 Å². The first-order chi connectivity index (χ1) is 7.16. The van der Waals surface area contributed by atoms with Crippen molar-refractivity contribution < 1.29 is 9.84 Å². The number of ether oxygens (including phenoxy) is 1. The summed E-state index contributed by atoms with van der Waals surface area (Å²) in [6, 6.07) is 5.37. The maximum Gasteiger partial charge on any atom is 0.125 e. The molecule has 0 unspecified atom stereocenters. The molecule has 2 nitrogen and oxygen atoms in total. The van der Waals surface area contributed by atoms with Crippen molar-refractivity contribution >= 4 is 11.6 Å². The Hall–Kier alpha value is -0.730. The zero-order valence-corrected chi connectivity index (χ0v) is 9.50. The van der Waals surface area contributed by atoms with Gasteiger partial charge in [0.2, 0.25) is 0 Å². The highest BCUT2D eigenvalue weighted by Crippen LogP contribution is 2.32. The van der Waals surface area contributed by atoms with E-state index in [1.807, 2.05) is 6.07 Å². The first kappa shape index (κ1) is 10.8. The molecule has 0 aromatic heterocycles. The van der Waals surface area contributed by atoms with Crippen molar-refractivity contribution in [3.8, 4) is 5.75 Å². The summed E-state index contributed by atoms with van der Waals surface area (Å²) in [5.41, 5.74) is 0.767. The Balaban J connectivity index is 2.12. The molecule has 0 aliphatic heterocycles. The minimum absolute atomic E-state index is 0.544. The van der Waals surface area contributed by atoms with Crippen molar-refractivity contribution in [1.82, 2.24) is 0 Å². The molecule has 3 heteroatoms. The van der Waals surface area contributed by atoms with E-state index in [2.05, 4.69) is 0 Å². The maximum atomic E-state index is 9.57. The molecule has 2 rings (SSSR count). The minimum Gasteiger partial charge on any atom is -0.493 e. The van der Waals surface area contributed by atoms with Crippen molar-refractivity contribution in [2.24, 2.45) is 5.92 Å². The molecule has 15 heavy (non-hydrogen) atoms. The molecule has 82 valence electrons. The largest absolute Gasteiger partial charge is 0.493 e. The molecular weight excluding hydrogens is 212 g/mol.